The fraction of sp³-hybridized carbons (Fsp3) is 0.600. The van der Waals surface area contributed by atoms with Crippen molar-refractivity contribution in [1.29, 1.82) is 0 Å². The minimum atomic E-state index is 0.235. The first-order chi connectivity index (χ1) is 8.25. The molecule has 0 aliphatic heterocycles. The van der Waals surface area contributed by atoms with Gasteiger partial charge in [0.2, 0.25) is 11.8 Å². The Labute approximate surface area is 98.5 Å². The number of nitrogens with two attached hydrogens (primary N) is 1. The van der Waals surface area contributed by atoms with Crippen molar-refractivity contribution in [3.8, 4) is 11.6 Å². The molecule has 1 saturated carbocycles. The molecule has 2 heterocycles. The highest BCUT2D eigenvalue weighted by Crippen LogP contribution is 2.32. The first-order valence-electron chi connectivity index (χ1n) is 5.85. The predicted octanol–water partition coefficient (Wildman–Crippen LogP) is 1.07. The first-order valence-corrected chi connectivity index (χ1v) is 5.85. The molecule has 90 valence electrons. The molecule has 2 aromatic heterocycles. The summed E-state index contributed by atoms with van der Waals surface area (Å²) in [5, 5.41) is 14.9. The van der Waals surface area contributed by atoms with Crippen LogP contribution in [0.4, 0.5) is 5.95 Å². The molecule has 1 aliphatic carbocycles. The molecule has 3 rings (SSSR count). The maximum atomic E-state index is 5.52. The number of aromatic nitrogens is 6. The summed E-state index contributed by atoms with van der Waals surface area (Å²) >= 11 is 0. The van der Waals surface area contributed by atoms with E-state index in [4.69, 9.17) is 5.73 Å². The topological polar surface area (TPSA) is 98.3 Å². The lowest BCUT2D eigenvalue weighted by molar-refractivity contribution is 0.509. The summed E-state index contributed by atoms with van der Waals surface area (Å²) in [4.78, 5) is 4.11. The van der Waals surface area contributed by atoms with Gasteiger partial charge in [-0.3, -0.25) is 5.10 Å². The van der Waals surface area contributed by atoms with Crippen LogP contribution in [0.15, 0.2) is 0 Å². The van der Waals surface area contributed by atoms with Crippen LogP contribution in [0.25, 0.3) is 11.6 Å². The van der Waals surface area contributed by atoms with Crippen molar-refractivity contribution in [3.05, 3.63) is 5.82 Å². The molecule has 0 amide bonds. The van der Waals surface area contributed by atoms with Gasteiger partial charge < -0.3 is 10.3 Å². The Bertz CT molecular complexity index is 520. The highest BCUT2D eigenvalue weighted by Gasteiger charge is 2.24. The Morgan fingerprint density at radius 2 is 2.06 bits per heavy atom. The van der Waals surface area contributed by atoms with Crippen LogP contribution in [0, 0.1) is 6.92 Å². The van der Waals surface area contributed by atoms with Gasteiger partial charge in [-0.2, -0.15) is 4.98 Å². The normalized spacial score (nSPS) is 16.8. The van der Waals surface area contributed by atoms with Crippen molar-refractivity contribution in [1.82, 2.24) is 29.9 Å². The van der Waals surface area contributed by atoms with Crippen LogP contribution >= 0.6 is 0 Å². The lowest BCUT2D eigenvalue weighted by atomic mass is 10.2. The summed E-state index contributed by atoms with van der Waals surface area (Å²) in [6, 6.07) is 0.478. The van der Waals surface area contributed by atoms with Gasteiger partial charge in [0.1, 0.15) is 5.82 Å². The fourth-order valence-electron chi connectivity index (χ4n) is 2.51. The molecule has 0 aromatic carbocycles. The van der Waals surface area contributed by atoms with Crippen LogP contribution in [0.1, 0.15) is 37.5 Å². The number of rotatable bonds is 2. The van der Waals surface area contributed by atoms with Crippen LogP contribution in [-0.2, 0) is 0 Å². The molecule has 2 aromatic rings. The summed E-state index contributed by atoms with van der Waals surface area (Å²) < 4.78 is 2.15. The van der Waals surface area contributed by atoms with E-state index in [-0.39, 0.29) is 5.95 Å². The first kappa shape index (κ1) is 10.2. The zero-order valence-electron chi connectivity index (χ0n) is 9.72. The number of hydrogen-bond acceptors (Lipinski definition) is 5. The number of nitrogens with one attached hydrogen (secondary N) is 1. The Balaban J connectivity index is 2.05. The van der Waals surface area contributed by atoms with E-state index in [1.165, 1.54) is 25.7 Å². The highest BCUT2D eigenvalue weighted by atomic mass is 15.3. The van der Waals surface area contributed by atoms with Gasteiger partial charge in [-0.25, -0.2) is 0 Å². The third kappa shape index (κ3) is 1.67. The molecule has 0 radical (unpaired) electrons. The SMILES string of the molecule is Cc1nnc(-c2nc(N)n[nH]2)n1C1CCCC1. The summed E-state index contributed by atoms with van der Waals surface area (Å²) in [7, 11) is 0. The zero-order chi connectivity index (χ0) is 11.8. The minimum absolute atomic E-state index is 0.235. The molecule has 0 saturated heterocycles. The minimum Gasteiger partial charge on any atom is -0.366 e. The van der Waals surface area contributed by atoms with Crippen molar-refractivity contribution in [2.45, 2.75) is 38.6 Å². The Morgan fingerprint density at radius 3 is 2.71 bits per heavy atom. The van der Waals surface area contributed by atoms with Gasteiger partial charge in [-0.15, -0.1) is 15.3 Å². The van der Waals surface area contributed by atoms with E-state index in [2.05, 4.69) is 29.9 Å². The summed E-state index contributed by atoms with van der Waals surface area (Å²) in [6.07, 6.45) is 4.88. The number of H-pyrrole nitrogens is 1. The smallest absolute Gasteiger partial charge is 0.239 e. The van der Waals surface area contributed by atoms with Gasteiger partial charge in [0.15, 0.2) is 5.82 Å². The van der Waals surface area contributed by atoms with Crippen LogP contribution in [0.2, 0.25) is 0 Å². The average molecular weight is 233 g/mol. The van der Waals surface area contributed by atoms with E-state index in [0.717, 1.165) is 11.6 Å². The molecule has 1 fully saturated rings. The number of aryl methyl sites for hydroxylation is 1. The van der Waals surface area contributed by atoms with E-state index in [1.807, 2.05) is 6.92 Å². The third-order valence-electron chi connectivity index (χ3n) is 3.27. The fourth-order valence-corrected chi connectivity index (χ4v) is 2.51. The molecule has 0 spiro atoms. The summed E-state index contributed by atoms with van der Waals surface area (Å²) in [5.74, 6) is 2.48. The molecule has 7 heteroatoms. The molecule has 1 aliphatic rings. The molecule has 0 unspecified atom stereocenters. The van der Waals surface area contributed by atoms with Crippen LogP contribution in [-0.4, -0.2) is 29.9 Å². The lowest BCUT2D eigenvalue weighted by Gasteiger charge is -2.14. The Kier molecular flexibility index (Phi) is 2.31. The quantitative estimate of drug-likeness (QED) is 0.808. The lowest BCUT2D eigenvalue weighted by Crippen LogP contribution is -2.09. The molecule has 3 N–H and O–H groups in total. The van der Waals surface area contributed by atoms with E-state index in [1.54, 1.807) is 0 Å². The second kappa shape index (κ2) is 3.83. The maximum absolute atomic E-state index is 5.52. The molecule has 17 heavy (non-hydrogen) atoms. The van der Waals surface area contributed by atoms with Crippen molar-refractivity contribution >= 4 is 5.95 Å². The maximum Gasteiger partial charge on any atom is 0.239 e. The monoisotopic (exact) mass is 233 g/mol. The largest absolute Gasteiger partial charge is 0.366 e. The van der Waals surface area contributed by atoms with Crippen LogP contribution in [0.3, 0.4) is 0 Å². The average Bonchev–Trinajstić information content (AvgIpc) is 2.97. The molecule has 0 atom stereocenters. The van der Waals surface area contributed by atoms with E-state index >= 15 is 0 Å². The number of anilines is 1. The third-order valence-corrected chi connectivity index (χ3v) is 3.27. The highest BCUT2D eigenvalue weighted by molar-refractivity contribution is 5.45. The molecular weight excluding hydrogens is 218 g/mol. The number of hydrogen-bond donors (Lipinski definition) is 2. The second-order valence-electron chi connectivity index (χ2n) is 4.42. The van der Waals surface area contributed by atoms with Gasteiger partial charge in [-0.05, 0) is 19.8 Å². The summed E-state index contributed by atoms with van der Waals surface area (Å²) in [6.45, 7) is 1.97. The van der Waals surface area contributed by atoms with Crippen molar-refractivity contribution in [2.75, 3.05) is 5.73 Å². The molecule has 0 bridgehead atoms. The van der Waals surface area contributed by atoms with Crippen LogP contribution < -0.4 is 5.73 Å². The van der Waals surface area contributed by atoms with E-state index in [9.17, 15) is 0 Å². The van der Waals surface area contributed by atoms with Crippen molar-refractivity contribution in [3.63, 3.8) is 0 Å². The zero-order valence-corrected chi connectivity index (χ0v) is 9.72. The summed E-state index contributed by atoms with van der Waals surface area (Å²) in [5.41, 5.74) is 5.52. The molecule has 7 nitrogen and oxygen atoms in total. The van der Waals surface area contributed by atoms with Gasteiger partial charge in [0.25, 0.3) is 0 Å². The van der Waals surface area contributed by atoms with Gasteiger partial charge in [-0.1, -0.05) is 12.8 Å². The number of nitrogen functional groups attached to an aromatic ring is 1. The van der Waals surface area contributed by atoms with Gasteiger partial charge in [0.05, 0.1) is 0 Å². The molecular formula is C10H15N7. The predicted molar refractivity (Wildman–Crippen MR) is 62.1 cm³/mol. The second-order valence-corrected chi connectivity index (χ2v) is 4.42. The van der Waals surface area contributed by atoms with Crippen molar-refractivity contribution < 1.29 is 0 Å². The number of nitrogens with zero attached hydrogens (tertiary/aromatic N) is 5. The van der Waals surface area contributed by atoms with Crippen LogP contribution in [0.5, 0.6) is 0 Å². The van der Waals surface area contributed by atoms with Crippen molar-refractivity contribution in [2.24, 2.45) is 0 Å². The van der Waals surface area contributed by atoms with Gasteiger partial charge in [0, 0.05) is 6.04 Å². The van der Waals surface area contributed by atoms with Gasteiger partial charge >= 0.3 is 0 Å². The number of aromatic amines is 1. The van der Waals surface area contributed by atoms with E-state index in [0.29, 0.717) is 11.9 Å². The Hall–Kier alpha value is -1.92. The van der Waals surface area contributed by atoms with E-state index < -0.39 is 0 Å². The Morgan fingerprint density at radius 1 is 1.29 bits per heavy atom. The standard InChI is InChI=1S/C10H15N7/c1-6-13-15-9(8-12-10(11)16-14-8)17(6)7-4-2-3-5-7/h7H,2-5H2,1H3,(H3,11,12,14,16).